The van der Waals surface area contributed by atoms with Gasteiger partial charge in [0.2, 0.25) is 5.91 Å². The molecule has 104 valence electrons. The molecule has 0 fully saturated rings. The minimum atomic E-state index is -0.966. The van der Waals surface area contributed by atoms with Crippen molar-refractivity contribution in [2.24, 2.45) is 5.73 Å². The number of rotatable bonds is 7. The van der Waals surface area contributed by atoms with E-state index >= 15 is 0 Å². The van der Waals surface area contributed by atoms with E-state index in [9.17, 15) is 9.59 Å². The smallest absolute Gasteiger partial charge is 0.323 e. The molecule has 0 radical (unpaired) electrons. The minimum absolute atomic E-state index is 0.185. The van der Waals surface area contributed by atoms with Gasteiger partial charge in [0.25, 0.3) is 0 Å². The van der Waals surface area contributed by atoms with E-state index in [0.717, 1.165) is 0 Å². The maximum atomic E-state index is 11.1. The van der Waals surface area contributed by atoms with Gasteiger partial charge in [-0.05, 0) is 18.2 Å². The highest BCUT2D eigenvalue weighted by molar-refractivity contribution is 6.34. The molecule has 0 aromatic heterocycles. The van der Waals surface area contributed by atoms with Crippen molar-refractivity contribution in [2.45, 2.75) is 0 Å². The highest BCUT2D eigenvalue weighted by Gasteiger charge is 2.13. The first kappa shape index (κ1) is 15.3. The van der Waals surface area contributed by atoms with Gasteiger partial charge in [0.1, 0.15) is 6.54 Å². The summed E-state index contributed by atoms with van der Waals surface area (Å²) in [5.41, 5.74) is 5.94. The van der Waals surface area contributed by atoms with Crippen molar-refractivity contribution in [1.82, 2.24) is 0 Å². The number of amides is 1. The first-order valence-electron chi connectivity index (χ1n) is 5.50. The summed E-state index contributed by atoms with van der Waals surface area (Å²) in [4.78, 5) is 23.5. The third-order valence-electron chi connectivity index (χ3n) is 2.47. The van der Waals surface area contributed by atoms with Gasteiger partial charge in [0.05, 0.1) is 17.2 Å². The molecular weight excluding hydrogens is 272 g/mol. The number of methoxy groups -OCH3 is 1. The van der Waals surface area contributed by atoms with Crippen LogP contribution in [0.2, 0.25) is 5.02 Å². The number of primary amides is 1. The van der Waals surface area contributed by atoms with E-state index in [2.05, 4.69) is 0 Å². The van der Waals surface area contributed by atoms with Crippen molar-refractivity contribution >= 4 is 29.2 Å². The van der Waals surface area contributed by atoms with Gasteiger partial charge in [-0.2, -0.15) is 0 Å². The summed E-state index contributed by atoms with van der Waals surface area (Å²) in [5.74, 6) is -1.59. The highest BCUT2D eigenvalue weighted by Crippen LogP contribution is 2.23. The van der Waals surface area contributed by atoms with Crippen molar-refractivity contribution < 1.29 is 19.4 Å². The Kier molecular flexibility index (Phi) is 5.59. The standard InChI is InChI=1S/C12H15ClN2O4/c1-19-5-4-15(7-11(16)17)8-2-3-9(12(14)18)10(13)6-8/h2-3,6H,4-5,7H2,1H3,(H2,14,18)(H,16,17). The molecule has 0 atom stereocenters. The van der Waals surface area contributed by atoms with Gasteiger partial charge in [-0.15, -0.1) is 0 Å². The van der Waals surface area contributed by atoms with E-state index in [1.54, 1.807) is 11.0 Å². The molecule has 0 aliphatic rings. The van der Waals surface area contributed by atoms with Crippen molar-refractivity contribution in [3.8, 4) is 0 Å². The monoisotopic (exact) mass is 286 g/mol. The lowest BCUT2D eigenvalue weighted by Crippen LogP contribution is -2.32. The number of hydrogen-bond acceptors (Lipinski definition) is 4. The van der Waals surface area contributed by atoms with Crippen LogP contribution in [-0.4, -0.2) is 43.8 Å². The number of aliphatic carboxylic acids is 1. The topological polar surface area (TPSA) is 92.9 Å². The molecule has 0 bridgehead atoms. The summed E-state index contributed by atoms with van der Waals surface area (Å²) >= 11 is 5.93. The van der Waals surface area contributed by atoms with Gasteiger partial charge in [0, 0.05) is 19.3 Å². The van der Waals surface area contributed by atoms with Gasteiger partial charge in [-0.1, -0.05) is 11.6 Å². The average Bonchev–Trinajstić information content (AvgIpc) is 2.33. The number of carboxylic acids is 1. The number of carbonyl (C=O) groups is 2. The number of nitrogens with zero attached hydrogens (tertiary/aromatic N) is 1. The molecule has 0 aliphatic heterocycles. The normalized spacial score (nSPS) is 10.2. The lowest BCUT2D eigenvalue weighted by molar-refractivity contribution is -0.135. The van der Waals surface area contributed by atoms with Crippen LogP contribution in [0.5, 0.6) is 0 Å². The maximum absolute atomic E-state index is 11.1. The second-order valence-corrected chi connectivity index (χ2v) is 4.24. The summed E-state index contributed by atoms with van der Waals surface area (Å²) in [5, 5.41) is 9.06. The zero-order chi connectivity index (χ0) is 14.4. The lowest BCUT2D eigenvalue weighted by atomic mass is 10.2. The van der Waals surface area contributed by atoms with Gasteiger partial charge >= 0.3 is 5.97 Å². The third kappa shape index (κ3) is 4.42. The van der Waals surface area contributed by atoms with Gasteiger partial charge in [-0.3, -0.25) is 9.59 Å². The van der Waals surface area contributed by atoms with Crippen molar-refractivity contribution in [1.29, 1.82) is 0 Å². The number of hydrogen-bond donors (Lipinski definition) is 2. The van der Waals surface area contributed by atoms with E-state index in [1.807, 2.05) is 0 Å². The zero-order valence-corrected chi connectivity index (χ0v) is 11.2. The van der Waals surface area contributed by atoms with Crippen LogP contribution in [0.15, 0.2) is 18.2 Å². The number of benzene rings is 1. The molecule has 1 amide bonds. The van der Waals surface area contributed by atoms with Crippen LogP contribution in [0.3, 0.4) is 0 Å². The van der Waals surface area contributed by atoms with Crippen molar-refractivity contribution in [3.63, 3.8) is 0 Å². The summed E-state index contributed by atoms with van der Waals surface area (Å²) in [6.45, 7) is 0.590. The lowest BCUT2D eigenvalue weighted by Gasteiger charge is -2.23. The van der Waals surface area contributed by atoms with Crippen molar-refractivity contribution in [3.05, 3.63) is 28.8 Å². The second kappa shape index (κ2) is 6.96. The number of ether oxygens (including phenoxy) is 1. The second-order valence-electron chi connectivity index (χ2n) is 3.84. The molecule has 0 saturated carbocycles. The number of nitrogens with two attached hydrogens (primary N) is 1. The molecule has 0 aliphatic carbocycles. The van der Waals surface area contributed by atoms with Crippen molar-refractivity contribution in [2.75, 3.05) is 31.7 Å². The number of carbonyl (C=O) groups excluding carboxylic acids is 1. The first-order valence-corrected chi connectivity index (χ1v) is 5.88. The maximum Gasteiger partial charge on any atom is 0.323 e. The van der Waals surface area contributed by atoms with Crippen LogP contribution in [0.25, 0.3) is 0 Å². The van der Waals surface area contributed by atoms with E-state index in [4.69, 9.17) is 27.2 Å². The van der Waals surface area contributed by atoms with E-state index in [-0.39, 0.29) is 17.1 Å². The molecule has 1 rings (SSSR count). The Morgan fingerprint density at radius 3 is 2.63 bits per heavy atom. The summed E-state index contributed by atoms with van der Waals surface area (Å²) < 4.78 is 4.93. The first-order chi connectivity index (χ1) is 8.95. The summed E-state index contributed by atoms with van der Waals surface area (Å²) in [6.07, 6.45) is 0. The molecule has 3 N–H and O–H groups in total. The Bertz CT molecular complexity index is 479. The Balaban J connectivity index is 2.98. The van der Waals surface area contributed by atoms with Crippen LogP contribution in [0.1, 0.15) is 10.4 Å². The van der Waals surface area contributed by atoms with Gasteiger partial charge in [-0.25, -0.2) is 0 Å². The fourth-order valence-electron chi connectivity index (χ4n) is 1.56. The molecular formula is C12H15ClN2O4. The summed E-state index contributed by atoms with van der Waals surface area (Å²) in [6, 6.07) is 4.59. The summed E-state index contributed by atoms with van der Waals surface area (Å²) in [7, 11) is 1.53. The van der Waals surface area contributed by atoms with Gasteiger partial charge < -0.3 is 20.5 Å². The average molecular weight is 287 g/mol. The molecule has 1 aromatic carbocycles. The van der Waals surface area contributed by atoms with E-state index in [0.29, 0.717) is 18.8 Å². The highest BCUT2D eigenvalue weighted by atomic mass is 35.5. The Labute approximate surface area is 115 Å². The molecule has 1 aromatic rings. The molecule has 0 saturated heterocycles. The number of halogens is 1. The fourth-order valence-corrected chi connectivity index (χ4v) is 1.83. The van der Waals surface area contributed by atoms with E-state index in [1.165, 1.54) is 19.2 Å². The molecule has 0 heterocycles. The van der Waals surface area contributed by atoms with Crippen LogP contribution < -0.4 is 10.6 Å². The minimum Gasteiger partial charge on any atom is -0.480 e. The molecule has 7 heteroatoms. The van der Waals surface area contributed by atoms with Gasteiger partial charge in [0.15, 0.2) is 0 Å². The quantitative estimate of drug-likeness (QED) is 0.779. The Morgan fingerprint density at radius 1 is 1.47 bits per heavy atom. The number of anilines is 1. The SMILES string of the molecule is COCCN(CC(=O)O)c1ccc(C(N)=O)c(Cl)c1. The third-order valence-corrected chi connectivity index (χ3v) is 2.79. The Morgan fingerprint density at radius 2 is 2.16 bits per heavy atom. The predicted octanol–water partition coefficient (Wildman–Crippen LogP) is 0.976. The largest absolute Gasteiger partial charge is 0.480 e. The molecule has 19 heavy (non-hydrogen) atoms. The molecule has 0 spiro atoms. The predicted molar refractivity (Wildman–Crippen MR) is 71.7 cm³/mol. The molecule has 0 unspecified atom stereocenters. The van der Waals surface area contributed by atoms with Crippen LogP contribution in [0, 0.1) is 0 Å². The fraction of sp³-hybridized carbons (Fsp3) is 0.333. The van der Waals surface area contributed by atoms with Crippen LogP contribution >= 0.6 is 11.6 Å². The van der Waals surface area contributed by atoms with Crippen LogP contribution in [-0.2, 0) is 9.53 Å². The Hall–Kier alpha value is -1.79. The molecule has 6 nitrogen and oxygen atoms in total. The van der Waals surface area contributed by atoms with Crippen LogP contribution in [0.4, 0.5) is 5.69 Å². The van der Waals surface area contributed by atoms with E-state index < -0.39 is 11.9 Å². The number of carboxylic acid groups (broad SMARTS) is 1. The zero-order valence-electron chi connectivity index (χ0n) is 10.4.